The van der Waals surface area contributed by atoms with Crippen LogP contribution in [0.15, 0.2) is 0 Å². The fraction of sp³-hybridized carbons (Fsp3) is 0.571. The van der Waals surface area contributed by atoms with Gasteiger partial charge in [-0.25, -0.2) is 10.1 Å². The highest BCUT2D eigenvalue weighted by Gasteiger charge is 2.28. The Kier molecular flexibility index (Phi) is 3.82. The standard InChI is InChI=1S/C14H20N6O2/c1-7(2)11-15-9-5-4-8(6-10(9)16-11)12(21)17-13-18-14(22-3)20-19-13/h7-8H,4-6H2,1-3H3,(H,15,16)(H2,17,18,19,20,21)/t8-/m1/s1. The number of hydrogen-bond donors (Lipinski definition) is 3. The number of aromatic amines is 2. The molecule has 1 aliphatic carbocycles. The number of rotatable bonds is 4. The molecule has 3 rings (SSSR count). The smallest absolute Gasteiger partial charge is 0.336 e. The van der Waals surface area contributed by atoms with Gasteiger partial charge in [0, 0.05) is 24.0 Å². The highest BCUT2D eigenvalue weighted by molar-refractivity contribution is 5.91. The molecule has 0 fully saturated rings. The molecule has 2 heterocycles. The van der Waals surface area contributed by atoms with Gasteiger partial charge in [0.05, 0.1) is 12.8 Å². The maximum absolute atomic E-state index is 12.3. The molecule has 0 spiro atoms. The lowest BCUT2D eigenvalue weighted by atomic mass is 9.89. The van der Waals surface area contributed by atoms with Crippen molar-refractivity contribution in [3.63, 3.8) is 0 Å². The normalized spacial score (nSPS) is 17.4. The van der Waals surface area contributed by atoms with Gasteiger partial charge in [0.2, 0.25) is 11.9 Å². The van der Waals surface area contributed by atoms with E-state index in [1.54, 1.807) is 0 Å². The molecule has 0 saturated heterocycles. The molecule has 8 nitrogen and oxygen atoms in total. The lowest BCUT2D eigenvalue weighted by molar-refractivity contribution is -0.120. The molecule has 3 N–H and O–H groups in total. The minimum atomic E-state index is -0.0935. The van der Waals surface area contributed by atoms with Crippen molar-refractivity contribution < 1.29 is 9.53 Å². The quantitative estimate of drug-likeness (QED) is 0.791. The molecular formula is C14H20N6O2. The van der Waals surface area contributed by atoms with Crippen molar-refractivity contribution in [3.8, 4) is 6.01 Å². The molecular weight excluding hydrogens is 284 g/mol. The van der Waals surface area contributed by atoms with Crippen LogP contribution in [0.4, 0.5) is 5.95 Å². The fourth-order valence-electron chi connectivity index (χ4n) is 2.61. The summed E-state index contributed by atoms with van der Waals surface area (Å²) in [4.78, 5) is 24.3. The monoisotopic (exact) mass is 304 g/mol. The van der Waals surface area contributed by atoms with Gasteiger partial charge in [0.15, 0.2) is 0 Å². The zero-order valence-electron chi connectivity index (χ0n) is 12.9. The molecule has 0 saturated carbocycles. The maximum atomic E-state index is 12.3. The van der Waals surface area contributed by atoms with E-state index in [0.717, 1.165) is 30.1 Å². The average molecular weight is 304 g/mol. The number of imidazole rings is 1. The van der Waals surface area contributed by atoms with E-state index in [0.29, 0.717) is 18.3 Å². The van der Waals surface area contributed by atoms with E-state index in [1.807, 2.05) is 0 Å². The van der Waals surface area contributed by atoms with Gasteiger partial charge in [0.25, 0.3) is 0 Å². The summed E-state index contributed by atoms with van der Waals surface area (Å²) < 4.78 is 4.88. The van der Waals surface area contributed by atoms with Crippen LogP contribution >= 0.6 is 0 Å². The molecule has 0 unspecified atom stereocenters. The van der Waals surface area contributed by atoms with Crippen LogP contribution in [-0.2, 0) is 17.6 Å². The summed E-state index contributed by atoms with van der Waals surface area (Å²) in [5.74, 6) is 1.50. The first-order chi connectivity index (χ1) is 10.6. The average Bonchev–Trinajstić information content (AvgIpc) is 3.12. The lowest BCUT2D eigenvalue weighted by Crippen LogP contribution is -2.28. The Bertz CT molecular complexity index is 675. The number of fused-ring (bicyclic) bond motifs is 1. The molecule has 22 heavy (non-hydrogen) atoms. The highest BCUT2D eigenvalue weighted by Crippen LogP contribution is 2.26. The molecule has 2 aromatic heterocycles. The number of ether oxygens (including phenoxy) is 1. The Hall–Kier alpha value is -2.38. The summed E-state index contributed by atoms with van der Waals surface area (Å²) in [5, 5.41) is 9.17. The van der Waals surface area contributed by atoms with Crippen LogP contribution in [0, 0.1) is 5.92 Å². The number of nitrogens with one attached hydrogen (secondary N) is 3. The van der Waals surface area contributed by atoms with Crippen LogP contribution in [0.2, 0.25) is 0 Å². The van der Waals surface area contributed by atoms with Crippen molar-refractivity contribution in [2.24, 2.45) is 5.92 Å². The second kappa shape index (κ2) is 5.78. The number of carbonyl (C=O) groups excluding carboxylic acids is 1. The minimum absolute atomic E-state index is 0.0647. The van der Waals surface area contributed by atoms with Crippen molar-refractivity contribution in [2.75, 3.05) is 12.4 Å². The number of carbonyl (C=O) groups is 1. The molecule has 0 bridgehead atoms. The lowest BCUT2D eigenvalue weighted by Gasteiger charge is -2.19. The van der Waals surface area contributed by atoms with Gasteiger partial charge in [0.1, 0.15) is 5.82 Å². The first kappa shape index (κ1) is 14.6. The van der Waals surface area contributed by atoms with Crippen LogP contribution in [0.3, 0.4) is 0 Å². The number of aromatic nitrogens is 5. The van der Waals surface area contributed by atoms with E-state index in [9.17, 15) is 4.79 Å². The summed E-state index contributed by atoms with van der Waals surface area (Å²) in [6.45, 7) is 4.21. The number of aryl methyl sites for hydroxylation is 1. The number of anilines is 1. The van der Waals surface area contributed by atoms with Crippen molar-refractivity contribution in [1.29, 1.82) is 0 Å². The van der Waals surface area contributed by atoms with Gasteiger partial charge in [-0.1, -0.05) is 13.8 Å². The Balaban J connectivity index is 1.67. The molecule has 1 amide bonds. The highest BCUT2D eigenvalue weighted by atomic mass is 16.5. The van der Waals surface area contributed by atoms with Crippen LogP contribution in [0.1, 0.15) is 43.4 Å². The summed E-state index contributed by atoms with van der Waals surface area (Å²) >= 11 is 0. The summed E-state index contributed by atoms with van der Waals surface area (Å²) in [7, 11) is 1.47. The van der Waals surface area contributed by atoms with E-state index < -0.39 is 0 Å². The first-order valence-corrected chi connectivity index (χ1v) is 7.41. The third kappa shape index (κ3) is 2.81. The number of H-pyrrole nitrogens is 2. The van der Waals surface area contributed by atoms with Gasteiger partial charge in [-0.15, -0.1) is 5.10 Å². The van der Waals surface area contributed by atoms with Crippen LogP contribution in [-0.4, -0.2) is 38.2 Å². The van der Waals surface area contributed by atoms with Crippen LogP contribution in [0.5, 0.6) is 6.01 Å². The van der Waals surface area contributed by atoms with Crippen molar-refractivity contribution in [2.45, 2.75) is 39.0 Å². The minimum Gasteiger partial charge on any atom is -0.466 e. The molecule has 0 aliphatic heterocycles. The second-order valence-corrected chi connectivity index (χ2v) is 5.80. The first-order valence-electron chi connectivity index (χ1n) is 7.41. The predicted octanol–water partition coefficient (Wildman–Crippen LogP) is 1.40. The molecule has 1 aliphatic rings. The topological polar surface area (TPSA) is 109 Å². The third-order valence-corrected chi connectivity index (χ3v) is 3.87. The predicted molar refractivity (Wildman–Crippen MR) is 79.8 cm³/mol. The Morgan fingerprint density at radius 3 is 2.91 bits per heavy atom. The van der Waals surface area contributed by atoms with Gasteiger partial charge < -0.3 is 9.72 Å². The summed E-state index contributed by atoms with van der Waals surface area (Å²) in [6.07, 6.45) is 2.27. The van der Waals surface area contributed by atoms with Crippen molar-refractivity contribution >= 4 is 11.9 Å². The third-order valence-electron chi connectivity index (χ3n) is 3.87. The van der Waals surface area contributed by atoms with E-state index in [4.69, 9.17) is 4.74 Å². The molecule has 0 aromatic carbocycles. The summed E-state index contributed by atoms with van der Waals surface area (Å²) in [5.41, 5.74) is 2.17. The summed E-state index contributed by atoms with van der Waals surface area (Å²) in [6, 6.07) is 0.205. The van der Waals surface area contributed by atoms with E-state index in [2.05, 4.69) is 44.3 Å². The second-order valence-electron chi connectivity index (χ2n) is 5.80. The van der Waals surface area contributed by atoms with Gasteiger partial charge in [-0.05, 0) is 12.8 Å². The number of methoxy groups -OCH3 is 1. The van der Waals surface area contributed by atoms with Gasteiger partial charge in [-0.3, -0.25) is 10.1 Å². The Labute approximate surface area is 128 Å². The molecule has 1 atom stereocenters. The van der Waals surface area contributed by atoms with Crippen molar-refractivity contribution in [3.05, 3.63) is 17.2 Å². The zero-order valence-corrected chi connectivity index (χ0v) is 12.9. The number of nitrogens with zero attached hydrogens (tertiary/aromatic N) is 3. The SMILES string of the molecule is COc1n[nH]c(NC(=O)[C@@H]2CCc3nc(C(C)C)[nH]c3C2)n1. The number of hydrogen-bond acceptors (Lipinski definition) is 5. The van der Waals surface area contributed by atoms with E-state index >= 15 is 0 Å². The zero-order chi connectivity index (χ0) is 15.7. The van der Waals surface area contributed by atoms with E-state index in [1.165, 1.54) is 7.11 Å². The fourth-order valence-corrected chi connectivity index (χ4v) is 2.61. The largest absolute Gasteiger partial charge is 0.466 e. The van der Waals surface area contributed by atoms with Crippen LogP contribution < -0.4 is 10.1 Å². The van der Waals surface area contributed by atoms with E-state index in [-0.39, 0.29) is 17.8 Å². The Morgan fingerprint density at radius 2 is 2.23 bits per heavy atom. The van der Waals surface area contributed by atoms with Crippen LogP contribution in [0.25, 0.3) is 0 Å². The number of amides is 1. The Morgan fingerprint density at radius 1 is 1.41 bits per heavy atom. The molecule has 2 aromatic rings. The maximum Gasteiger partial charge on any atom is 0.336 e. The van der Waals surface area contributed by atoms with Gasteiger partial charge >= 0.3 is 6.01 Å². The molecule has 118 valence electrons. The molecule has 0 radical (unpaired) electrons. The van der Waals surface area contributed by atoms with Gasteiger partial charge in [-0.2, -0.15) is 4.98 Å². The van der Waals surface area contributed by atoms with Crippen molar-refractivity contribution in [1.82, 2.24) is 25.1 Å². The molecule has 8 heteroatoms.